The van der Waals surface area contributed by atoms with Crippen LogP contribution in [0.25, 0.3) is 0 Å². The van der Waals surface area contributed by atoms with E-state index in [4.69, 9.17) is 0 Å². The summed E-state index contributed by atoms with van der Waals surface area (Å²) < 4.78 is 0. The number of carbonyl (C=O) groups excluding carboxylic acids is 1. The lowest BCUT2D eigenvalue weighted by atomic mass is 9.64. The van der Waals surface area contributed by atoms with Crippen LogP contribution in [0.3, 0.4) is 0 Å². The van der Waals surface area contributed by atoms with Crippen molar-refractivity contribution in [1.82, 2.24) is 4.90 Å². The second kappa shape index (κ2) is 4.05. The van der Waals surface area contributed by atoms with Crippen molar-refractivity contribution < 1.29 is 9.90 Å². The third kappa shape index (κ3) is 1.98. The van der Waals surface area contributed by atoms with E-state index in [1.165, 1.54) is 0 Å². The van der Waals surface area contributed by atoms with Gasteiger partial charge in [-0.25, -0.2) is 4.79 Å². The molecule has 0 aromatic heterocycles. The van der Waals surface area contributed by atoms with Gasteiger partial charge in [0.05, 0.1) is 11.6 Å². The second-order valence-electron chi connectivity index (χ2n) is 4.97. The summed E-state index contributed by atoms with van der Waals surface area (Å²) in [5, 5.41) is 9.40. The first-order valence-corrected chi connectivity index (χ1v) is 5.62. The minimum atomic E-state index is -0.296. The van der Waals surface area contributed by atoms with Crippen molar-refractivity contribution in [2.24, 2.45) is 10.9 Å². The Morgan fingerprint density at radius 1 is 1.53 bits per heavy atom. The average molecular weight is 210 g/mol. The number of aliphatic imine (C=N–C) groups is 1. The van der Waals surface area contributed by atoms with Crippen molar-refractivity contribution in [3.63, 3.8) is 0 Å². The Morgan fingerprint density at radius 2 is 2.27 bits per heavy atom. The van der Waals surface area contributed by atoms with E-state index in [1.807, 2.05) is 0 Å². The molecule has 4 nitrogen and oxygen atoms in total. The monoisotopic (exact) mass is 210 g/mol. The van der Waals surface area contributed by atoms with E-state index in [-0.39, 0.29) is 11.6 Å². The van der Waals surface area contributed by atoms with Gasteiger partial charge in [0.15, 0.2) is 0 Å². The lowest BCUT2D eigenvalue weighted by molar-refractivity contribution is -0.0241. The highest BCUT2D eigenvalue weighted by atomic mass is 16.3. The van der Waals surface area contributed by atoms with Crippen molar-refractivity contribution >= 4 is 6.08 Å². The zero-order valence-corrected chi connectivity index (χ0v) is 9.15. The Hall–Kier alpha value is -0.700. The minimum absolute atomic E-state index is 0.269. The summed E-state index contributed by atoms with van der Waals surface area (Å²) in [7, 11) is 2.10. The van der Waals surface area contributed by atoms with Gasteiger partial charge >= 0.3 is 0 Å². The van der Waals surface area contributed by atoms with Gasteiger partial charge < -0.3 is 10.0 Å². The van der Waals surface area contributed by atoms with Gasteiger partial charge in [-0.1, -0.05) is 0 Å². The standard InChI is InChI=1S/C11H18N2O2/c1-13-4-2-3-9(7-13)11(12-8-14)5-10(15)6-11/h9-10,15H,2-7H2,1H3. The highest BCUT2D eigenvalue weighted by Gasteiger charge is 2.50. The van der Waals surface area contributed by atoms with Crippen LogP contribution in [0.15, 0.2) is 4.99 Å². The molecule has 1 N–H and O–H groups in total. The molecule has 2 fully saturated rings. The Bertz CT molecular complexity index is 280. The summed E-state index contributed by atoms with van der Waals surface area (Å²) in [5.41, 5.74) is -0.296. The molecule has 0 aromatic carbocycles. The van der Waals surface area contributed by atoms with Crippen LogP contribution in [0, 0.1) is 5.92 Å². The molecule has 15 heavy (non-hydrogen) atoms. The Labute approximate surface area is 90.0 Å². The molecule has 2 rings (SSSR count). The Kier molecular flexibility index (Phi) is 2.91. The van der Waals surface area contributed by atoms with E-state index in [0.29, 0.717) is 18.8 Å². The van der Waals surface area contributed by atoms with Gasteiger partial charge in [0, 0.05) is 6.54 Å². The number of piperidine rings is 1. The van der Waals surface area contributed by atoms with Gasteiger partial charge in [0.1, 0.15) is 0 Å². The topological polar surface area (TPSA) is 52.9 Å². The van der Waals surface area contributed by atoms with Crippen molar-refractivity contribution in [2.75, 3.05) is 20.1 Å². The predicted octanol–water partition coefficient (Wildman–Crippen LogP) is 0.557. The fourth-order valence-electron chi connectivity index (χ4n) is 2.97. The molecule has 84 valence electrons. The lowest BCUT2D eigenvalue weighted by Gasteiger charge is -2.49. The summed E-state index contributed by atoms with van der Waals surface area (Å²) >= 11 is 0. The van der Waals surface area contributed by atoms with Gasteiger partial charge in [0.25, 0.3) is 0 Å². The molecule has 0 spiro atoms. The van der Waals surface area contributed by atoms with Gasteiger partial charge in [-0.15, -0.1) is 0 Å². The molecule has 0 aromatic rings. The molecule has 4 heteroatoms. The number of aliphatic hydroxyl groups is 1. The second-order valence-corrected chi connectivity index (χ2v) is 4.97. The largest absolute Gasteiger partial charge is 0.393 e. The van der Waals surface area contributed by atoms with Crippen molar-refractivity contribution in [3.8, 4) is 0 Å². The molecule has 1 heterocycles. The highest BCUT2D eigenvalue weighted by Crippen LogP contribution is 2.45. The fourth-order valence-corrected chi connectivity index (χ4v) is 2.97. The molecule has 0 amide bonds. The Morgan fingerprint density at radius 3 is 2.80 bits per heavy atom. The molecule has 1 aliphatic carbocycles. The number of hydrogen-bond acceptors (Lipinski definition) is 4. The molecule has 0 bridgehead atoms. The first kappa shape index (κ1) is 10.8. The number of likely N-dealkylation sites (tertiary alicyclic amines) is 1. The van der Waals surface area contributed by atoms with E-state index >= 15 is 0 Å². The molecular weight excluding hydrogens is 192 g/mol. The van der Waals surface area contributed by atoms with E-state index in [0.717, 1.165) is 25.9 Å². The molecule has 0 radical (unpaired) electrons. The van der Waals surface area contributed by atoms with Crippen LogP contribution in [-0.2, 0) is 4.79 Å². The third-order valence-corrected chi connectivity index (χ3v) is 3.83. The Balaban J connectivity index is 2.08. The fraction of sp³-hybridized carbons (Fsp3) is 0.909. The zero-order valence-electron chi connectivity index (χ0n) is 9.15. The maximum Gasteiger partial charge on any atom is 0.235 e. The summed E-state index contributed by atoms with van der Waals surface area (Å²) in [6.07, 6.45) is 4.97. The summed E-state index contributed by atoms with van der Waals surface area (Å²) in [4.78, 5) is 16.7. The maximum atomic E-state index is 10.5. The third-order valence-electron chi connectivity index (χ3n) is 3.83. The van der Waals surface area contributed by atoms with Crippen LogP contribution in [0.5, 0.6) is 0 Å². The SMILES string of the molecule is CN1CCCC(C2(N=C=O)CC(O)C2)C1. The quantitative estimate of drug-likeness (QED) is 0.535. The van der Waals surface area contributed by atoms with E-state index in [1.54, 1.807) is 6.08 Å². The number of hydrogen-bond donors (Lipinski definition) is 1. The van der Waals surface area contributed by atoms with Gasteiger partial charge in [-0.2, -0.15) is 4.99 Å². The molecule has 1 saturated heterocycles. The number of aliphatic hydroxyl groups excluding tert-OH is 1. The first-order chi connectivity index (χ1) is 7.16. The lowest BCUT2D eigenvalue weighted by Crippen LogP contribution is -2.55. The van der Waals surface area contributed by atoms with Crippen LogP contribution in [0.2, 0.25) is 0 Å². The first-order valence-electron chi connectivity index (χ1n) is 5.62. The summed E-state index contributed by atoms with van der Waals surface area (Å²) in [5.74, 6) is 0.418. The highest BCUT2D eigenvalue weighted by molar-refractivity contribution is 5.36. The smallest absolute Gasteiger partial charge is 0.235 e. The zero-order chi connectivity index (χ0) is 10.9. The normalized spacial score (nSPS) is 41.7. The van der Waals surface area contributed by atoms with Crippen LogP contribution >= 0.6 is 0 Å². The molecule has 2 aliphatic rings. The van der Waals surface area contributed by atoms with E-state index in [2.05, 4.69) is 16.9 Å². The predicted molar refractivity (Wildman–Crippen MR) is 56.3 cm³/mol. The van der Waals surface area contributed by atoms with Crippen molar-refractivity contribution in [1.29, 1.82) is 0 Å². The van der Waals surface area contributed by atoms with E-state index < -0.39 is 0 Å². The molecule has 1 saturated carbocycles. The van der Waals surface area contributed by atoms with Crippen LogP contribution < -0.4 is 0 Å². The number of isocyanates is 1. The number of nitrogens with zero attached hydrogens (tertiary/aromatic N) is 2. The van der Waals surface area contributed by atoms with Crippen molar-refractivity contribution in [3.05, 3.63) is 0 Å². The number of rotatable bonds is 2. The summed E-state index contributed by atoms with van der Waals surface area (Å²) in [6, 6.07) is 0. The minimum Gasteiger partial charge on any atom is -0.393 e. The molecule has 1 aliphatic heterocycles. The van der Waals surface area contributed by atoms with Gasteiger partial charge in [0.2, 0.25) is 6.08 Å². The van der Waals surface area contributed by atoms with Crippen molar-refractivity contribution in [2.45, 2.75) is 37.3 Å². The van der Waals surface area contributed by atoms with Crippen LogP contribution in [-0.4, -0.2) is 47.9 Å². The average Bonchev–Trinajstić information content (AvgIpc) is 2.15. The molecular formula is C11H18N2O2. The maximum absolute atomic E-state index is 10.5. The van der Waals surface area contributed by atoms with Crippen LogP contribution in [0.1, 0.15) is 25.7 Å². The van der Waals surface area contributed by atoms with Gasteiger partial charge in [-0.3, -0.25) is 0 Å². The molecule has 1 atom stereocenters. The van der Waals surface area contributed by atoms with Gasteiger partial charge in [-0.05, 0) is 45.2 Å². The van der Waals surface area contributed by atoms with Crippen LogP contribution in [0.4, 0.5) is 0 Å². The molecule has 1 unspecified atom stereocenters. The summed E-state index contributed by atoms with van der Waals surface area (Å²) in [6.45, 7) is 2.11. The van der Waals surface area contributed by atoms with E-state index in [9.17, 15) is 9.90 Å².